The lowest BCUT2D eigenvalue weighted by Crippen LogP contribution is -2.66. The van der Waals surface area contributed by atoms with Gasteiger partial charge in [-0.05, 0) is 93.5 Å². The highest BCUT2D eigenvalue weighted by atomic mass is 32.2. The number of nitrogens with zero attached hydrogens (tertiary/aromatic N) is 5. The first kappa shape index (κ1) is 43.6. The molecule has 4 atom stereocenters. The van der Waals surface area contributed by atoms with Crippen molar-refractivity contribution in [2.45, 2.75) is 101 Å². The van der Waals surface area contributed by atoms with Crippen LogP contribution in [0.1, 0.15) is 86.8 Å². The number of hydrogen-bond acceptors (Lipinski definition) is 14. The number of fused-ring (bicyclic) bond motifs is 4. The summed E-state index contributed by atoms with van der Waals surface area (Å²) in [5.41, 5.74) is 5.34. The van der Waals surface area contributed by atoms with Crippen LogP contribution in [0.2, 0.25) is 0 Å². The summed E-state index contributed by atoms with van der Waals surface area (Å²) in [6, 6.07) is 20.6. The molecule has 2 aromatic heterocycles. The van der Waals surface area contributed by atoms with Crippen molar-refractivity contribution in [1.82, 2.24) is 19.6 Å². The number of nitrogens with one attached hydrogen (secondary N) is 3. The number of nitro groups is 1. The second-order valence-corrected chi connectivity index (χ2v) is 21.4. The molecule has 5 aliphatic heterocycles. The minimum atomic E-state index is -4.69. The third kappa shape index (κ3) is 7.80. The van der Waals surface area contributed by atoms with Gasteiger partial charge < -0.3 is 39.0 Å². The summed E-state index contributed by atoms with van der Waals surface area (Å²) >= 11 is 0. The molecule has 18 heteroatoms. The number of benzene rings is 3. The van der Waals surface area contributed by atoms with E-state index in [0.717, 1.165) is 49.6 Å². The molecule has 3 N–H and O–H groups in total. The number of likely N-dealkylation sites (tertiary alicyclic amines) is 1. The lowest BCUT2D eigenvalue weighted by atomic mass is 9.60. The number of pyridine rings is 1. The van der Waals surface area contributed by atoms with E-state index in [2.05, 4.69) is 62.9 Å². The van der Waals surface area contributed by atoms with Crippen LogP contribution in [0.5, 0.6) is 11.6 Å². The molecule has 17 nitrogen and oxygen atoms in total. The summed E-state index contributed by atoms with van der Waals surface area (Å²) in [6.45, 7) is 12.1. The van der Waals surface area contributed by atoms with Gasteiger partial charge in [0.15, 0.2) is 11.4 Å². The molecule has 0 unspecified atom stereocenters. The molecular weight excluding hydrogens is 877 g/mol. The average molecular weight is 933 g/mol. The third-order valence-corrected chi connectivity index (χ3v) is 15.8. The van der Waals surface area contributed by atoms with E-state index >= 15 is 0 Å². The molecule has 4 fully saturated rings. The van der Waals surface area contributed by atoms with Crippen LogP contribution in [0.25, 0.3) is 11.0 Å². The van der Waals surface area contributed by atoms with E-state index in [1.54, 1.807) is 12.3 Å². The second-order valence-electron chi connectivity index (χ2n) is 19.7. The number of aromatic nitrogens is 2. The van der Waals surface area contributed by atoms with Gasteiger partial charge >= 0.3 is 0 Å². The molecule has 1 amide bonds. The van der Waals surface area contributed by atoms with Crippen molar-refractivity contribution in [1.29, 1.82) is 0 Å². The molecule has 67 heavy (non-hydrogen) atoms. The monoisotopic (exact) mass is 932 g/mol. The standard InChI is InChI=1S/C49H56N8O9S/c1-28(2)35-8-5-6-9-36(35)38-10-7-15-55(38)33-20-49(21-33)26-54(27-49)32-11-12-37(39(17-32)56-41-16-30-13-14-50-46(30)52-48(41)66-44-25-63-24-42(44)56)47(58)53-67(61,62)34-18-40(57(59)60)45-43(19-34)65-23-31(51-45)22-64-29(3)4/h5-6,8-9,11-14,16-19,28-29,31,33,38,42,44,51H,7,10,15,20-27H2,1-4H3,(H,50,52)(H,53,58)/t31-,38-,42+,44+/m0/s1. The smallest absolute Gasteiger partial charge is 0.297 e. The van der Waals surface area contributed by atoms with Crippen molar-refractivity contribution in [3.8, 4) is 11.6 Å². The summed E-state index contributed by atoms with van der Waals surface area (Å²) in [6.07, 6.45) is 5.94. The zero-order chi connectivity index (χ0) is 46.4. The lowest BCUT2D eigenvalue weighted by Gasteiger charge is -2.62. The van der Waals surface area contributed by atoms with Crippen LogP contribution in [0.15, 0.2) is 77.8 Å². The number of carbonyl (C=O) groups is 1. The Labute approximate surface area is 389 Å². The van der Waals surface area contributed by atoms with Crippen molar-refractivity contribution >= 4 is 55.4 Å². The zero-order valence-electron chi connectivity index (χ0n) is 38.1. The first-order valence-corrected chi connectivity index (χ1v) is 24.9. The second kappa shape index (κ2) is 16.7. The van der Waals surface area contributed by atoms with Crippen molar-refractivity contribution in [3.63, 3.8) is 0 Å². The molecule has 0 radical (unpaired) electrons. The molecule has 5 aromatic rings. The summed E-state index contributed by atoms with van der Waals surface area (Å²) in [7, 11) is -4.69. The van der Waals surface area contributed by atoms with E-state index < -0.39 is 43.6 Å². The molecule has 0 bridgehead atoms. The van der Waals surface area contributed by atoms with Crippen molar-refractivity contribution in [2.75, 3.05) is 61.2 Å². The van der Waals surface area contributed by atoms with Crippen LogP contribution in [-0.4, -0.2) is 111 Å². The highest BCUT2D eigenvalue weighted by Crippen LogP contribution is 2.55. The number of amides is 1. The normalized spacial score (nSPS) is 23.3. The fourth-order valence-electron chi connectivity index (χ4n) is 11.3. The average Bonchev–Trinajstić information content (AvgIpc) is 4.07. The number of ether oxygens (including phenoxy) is 4. The van der Waals surface area contributed by atoms with Gasteiger partial charge in [-0.1, -0.05) is 38.1 Å². The van der Waals surface area contributed by atoms with Crippen molar-refractivity contribution in [3.05, 3.63) is 99.7 Å². The van der Waals surface area contributed by atoms with Crippen LogP contribution in [0, 0.1) is 15.5 Å². The molecule has 1 spiro atoms. The van der Waals surface area contributed by atoms with Gasteiger partial charge in [-0.3, -0.25) is 19.8 Å². The summed E-state index contributed by atoms with van der Waals surface area (Å²) in [4.78, 5) is 40.8. The van der Waals surface area contributed by atoms with E-state index in [-0.39, 0.29) is 47.8 Å². The Bertz CT molecular complexity index is 2870. The molecule has 6 aliphatic rings. The van der Waals surface area contributed by atoms with Crippen LogP contribution in [-0.2, 0) is 19.5 Å². The van der Waals surface area contributed by atoms with E-state index in [1.165, 1.54) is 30.0 Å². The molecule has 11 rings (SSSR count). The minimum Gasteiger partial charge on any atom is -0.489 e. The first-order chi connectivity index (χ1) is 32.2. The van der Waals surface area contributed by atoms with Crippen LogP contribution in [0.3, 0.4) is 0 Å². The van der Waals surface area contributed by atoms with Gasteiger partial charge in [0.1, 0.15) is 24.0 Å². The van der Waals surface area contributed by atoms with Gasteiger partial charge in [-0.25, -0.2) is 13.1 Å². The maximum atomic E-state index is 14.6. The topological polar surface area (TPSA) is 194 Å². The van der Waals surface area contributed by atoms with Crippen molar-refractivity contribution < 1.29 is 37.1 Å². The van der Waals surface area contributed by atoms with E-state index in [1.807, 2.05) is 43.0 Å². The van der Waals surface area contributed by atoms with Gasteiger partial charge in [0.25, 0.3) is 21.6 Å². The van der Waals surface area contributed by atoms with E-state index in [4.69, 9.17) is 23.9 Å². The van der Waals surface area contributed by atoms with Gasteiger partial charge in [0.05, 0.1) is 59.1 Å². The van der Waals surface area contributed by atoms with Gasteiger partial charge in [0, 0.05) is 60.0 Å². The Morgan fingerprint density at radius 3 is 2.64 bits per heavy atom. The fourth-order valence-corrected chi connectivity index (χ4v) is 12.3. The highest BCUT2D eigenvalue weighted by Gasteiger charge is 2.55. The number of aromatic amines is 1. The fraction of sp³-hybridized carbons (Fsp3) is 0.469. The predicted molar refractivity (Wildman–Crippen MR) is 252 cm³/mol. The number of anilines is 4. The molecule has 7 heterocycles. The number of rotatable bonds is 12. The quantitative estimate of drug-likeness (QED) is 0.0827. The van der Waals surface area contributed by atoms with Crippen LogP contribution < -0.4 is 29.3 Å². The molecule has 352 valence electrons. The molecular formula is C49H56N8O9S. The van der Waals surface area contributed by atoms with Gasteiger partial charge in [0.2, 0.25) is 5.88 Å². The Morgan fingerprint density at radius 1 is 1.03 bits per heavy atom. The van der Waals surface area contributed by atoms with Crippen LogP contribution in [0.4, 0.5) is 28.4 Å². The molecule has 1 aliphatic carbocycles. The zero-order valence-corrected chi connectivity index (χ0v) is 38.9. The van der Waals surface area contributed by atoms with E-state index in [0.29, 0.717) is 54.1 Å². The molecule has 3 saturated heterocycles. The maximum absolute atomic E-state index is 14.6. The lowest BCUT2D eigenvalue weighted by molar-refractivity contribution is -0.384. The molecule has 1 saturated carbocycles. The van der Waals surface area contributed by atoms with Gasteiger partial charge in [-0.15, -0.1) is 0 Å². The first-order valence-electron chi connectivity index (χ1n) is 23.4. The largest absolute Gasteiger partial charge is 0.489 e. The van der Waals surface area contributed by atoms with Gasteiger partial charge in [-0.2, -0.15) is 4.98 Å². The Morgan fingerprint density at radius 2 is 1.85 bits per heavy atom. The highest BCUT2D eigenvalue weighted by molar-refractivity contribution is 7.90. The van der Waals surface area contributed by atoms with E-state index in [9.17, 15) is 23.3 Å². The number of carbonyl (C=O) groups excluding carboxylic acids is 1. The Hall–Kier alpha value is -5.95. The number of sulfonamides is 1. The number of nitro benzene ring substituents is 1. The predicted octanol–water partition coefficient (Wildman–Crippen LogP) is 7.41. The Kier molecular flexibility index (Phi) is 10.9. The summed E-state index contributed by atoms with van der Waals surface area (Å²) in [5, 5.41) is 16.3. The molecule has 3 aromatic carbocycles. The van der Waals surface area contributed by atoms with Crippen molar-refractivity contribution in [2.24, 2.45) is 5.41 Å². The minimum absolute atomic E-state index is 0.0181. The number of hydrogen-bond donors (Lipinski definition) is 3. The maximum Gasteiger partial charge on any atom is 0.297 e. The SMILES string of the molecule is CC(C)OC[C@H]1COc2cc(S(=O)(=O)NC(=O)c3ccc(N4CC5(CC(N6CCC[C@H]6c6ccccc6C(C)C)C5)C4)cc3N3c4cc5cc[nH]c5nc4O[C@@H]4COC[C@H]43)cc([N+](=O)[O-])c2N1. The summed E-state index contributed by atoms with van der Waals surface area (Å²) < 4.78 is 54.5. The third-order valence-electron chi connectivity index (χ3n) is 14.5. The Balaban J connectivity index is 0.890. The van der Waals surface area contributed by atoms with Crippen LogP contribution >= 0.6 is 0 Å². The summed E-state index contributed by atoms with van der Waals surface area (Å²) in [5.74, 6) is -0.0983. The number of H-pyrrole nitrogens is 1.